The molecule has 2 N–H and O–H groups in total. The third-order valence-electron chi connectivity index (χ3n) is 4.03. The molecule has 1 aromatic carbocycles. The van der Waals surface area contributed by atoms with Gasteiger partial charge < -0.3 is 24.3 Å². The van der Waals surface area contributed by atoms with Crippen LogP contribution in [0.1, 0.15) is 52.0 Å². The zero-order chi connectivity index (χ0) is 20.7. The number of carboxylic acids is 1. The van der Waals surface area contributed by atoms with Crippen LogP contribution in [0.4, 0.5) is 0 Å². The number of aromatic carboxylic acids is 1. The molecule has 1 aromatic heterocycles. The normalized spacial score (nSPS) is 10.4. The average Bonchev–Trinajstić information content (AvgIpc) is 3.04. The highest BCUT2D eigenvalue weighted by molar-refractivity contribution is 5.94. The number of ketones is 1. The van der Waals surface area contributed by atoms with E-state index in [4.69, 9.17) is 19.0 Å². The van der Waals surface area contributed by atoms with Crippen LogP contribution < -0.4 is 14.8 Å². The van der Waals surface area contributed by atoms with E-state index in [-0.39, 0.29) is 30.2 Å². The Hall–Kier alpha value is -3.29. The number of aryl methyl sites for hydroxylation is 1. The molecular formula is C20H23NO7. The molecule has 0 aliphatic heterocycles. The van der Waals surface area contributed by atoms with Crippen molar-refractivity contribution in [3.63, 3.8) is 0 Å². The SMILES string of the molecule is COc1cc(C(C)=O)ccc1OCCCC(=O)NCc1cc(C(=O)O)c(C)o1. The number of methoxy groups -OCH3 is 1. The van der Waals surface area contributed by atoms with Crippen LogP contribution in [0.2, 0.25) is 0 Å². The zero-order valence-corrected chi connectivity index (χ0v) is 16.0. The number of hydrogen-bond donors (Lipinski definition) is 2. The number of benzene rings is 1. The average molecular weight is 389 g/mol. The summed E-state index contributed by atoms with van der Waals surface area (Å²) in [5, 5.41) is 11.7. The molecule has 1 amide bonds. The lowest BCUT2D eigenvalue weighted by atomic mass is 10.1. The van der Waals surface area contributed by atoms with E-state index in [0.717, 1.165) is 0 Å². The van der Waals surface area contributed by atoms with Gasteiger partial charge in [0, 0.05) is 12.0 Å². The summed E-state index contributed by atoms with van der Waals surface area (Å²) in [6.07, 6.45) is 0.709. The minimum Gasteiger partial charge on any atom is -0.493 e. The maximum atomic E-state index is 11.9. The van der Waals surface area contributed by atoms with E-state index in [1.54, 1.807) is 25.1 Å². The smallest absolute Gasteiger partial charge is 0.339 e. The molecule has 8 nitrogen and oxygen atoms in total. The van der Waals surface area contributed by atoms with Gasteiger partial charge >= 0.3 is 5.97 Å². The summed E-state index contributed by atoms with van der Waals surface area (Å²) in [7, 11) is 1.49. The number of hydrogen-bond acceptors (Lipinski definition) is 6. The summed E-state index contributed by atoms with van der Waals surface area (Å²) < 4.78 is 16.1. The Labute approximate surface area is 162 Å². The second-order valence-corrected chi connectivity index (χ2v) is 6.14. The fraction of sp³-hybridized carbons (Fsp3) is 0.350. The van der Waals surface area contributed by atoms with Gasteiger partial charge in [0.2, 0.25) is 5.91 Å². The maximum absolute atomic E-state index is 11.9. The van der Waals surface area contributed by atoms with Crippen LogP contribution >= 0.6 is 0 Å². The quantitative estimate of drug-likeness (QED) is 0.474. The zero-order valence-electron chi connectivity index (χ0n) is 16.0. The second-order valence-electron chi connectivity index (χ2n) is 6.14. The number of ether oxygens (including phenoxy) is 2. The number of amides is 1. The first-order valence-electron chi connectivity index (χ1n) is 8.73. The molecule has 2 rings (SSSR count). The molecule has 0 saturated heterocycles. The Kier molecular flexibility index (Phi) is 7.20. The molecule has 0 atom stereocenters. The van der Waals surface area contributed by atoms with Crippen LogP contribution in [0, 0.1) is 6.92 Å². The van der Waals surface area contributed by atoms with Crippen LogP contribution in [-0.4, -0.2) is 36.5 Å². The summed E-state index contributed by atoms with van der Waals surface area (Å²) in [5.74, 6) is 0.310. The lowest BCUT2D eigenvalue weighted by molar-refractivity contribution is -0.121. The van der Waals surface area contributed by atoms with E-state index < -0.39 is 5.97 Å². The number of nitrogens with one attached hydrogen (secondary N) is 1. The van der Waals surface area contributed by atoms with E-state index in [2.05, 4.69) is 5.32 Å². The van der Waals surface area contributed by atoms with Gasteiger partial charge in [-0.2, -0.15) is 0 Å². The molecule has 1 heterocycles. The van der Waals surface area contributed by atoms with Gasteiger partial charge in [0.1, 0.15) is 17.1 Å². The van der Waals surface area contributed by atoms with Crippen molar-refractivity contribution in [2.45, 2.75) is 33.2 Å². The van der Waals surface area contributed by atoms with Gasteiger partial charge in [-0.05, 0) is 44.5 Å². The molecule has 0 saturated carbocycles. The van der Waals surface area contributed by atoms with Crippen LogP contribution in [0.15, 0.2) is 28.7 Å². The van der Waals surface area contributed by atoms with Gasteiger partial charge in [0.15, 0.2) is 17.3 Å². The summed E-state index contributed by atoms with van der Waals surface area (Å²) in [4.78, 5) is 34.3. The van der Waals surface area contributed by atoms with Crippen LogP contribution in [0.25, 0.3) is 0 Å². The maximum Gasteiger partial charge on any atom is 0.339 e. The summed E-state index contributed by atoms with van der Waals surface area (Å²) in [5.41, 5.74) is 0.616. The first-order chi connectivity index (χ1) is 13.3. The van der Waals surface area contributed by atoms with Crippen molar-refractivity contribution in [3.05, 3.63) is 46.9 Å². The van der Waals surface area contributed by atoms with Crippen molar-refractivity contribution in [1.29, 1.82) is 0 Å². The largest absolute Gasteiger partial charge is 0.493 e. The molecule has 150 valence electrons. The van der Waals surface area contributed by atoms with E-state index in [9.17, 15) is 14.4 Å². The van der Waals surface area contributed by atoms with Crippen molar-refractivity contribution >= 4 is 17.7 Å². The standard InChI is InChI=1S/C20H23NO7/c1-12(22)14-6-7-17(18(9-14)26-3)27-8-4-5-19(23)21-11-15-10-16(20(24)25)13(2)28-15/h6-7,9-10H,4-5,8,11H2,1-3H3,(H,21,23)(H,24,25). The Bertz CT molecular complexity index is 869. The molecule has 0 fully saturated rings. The molecule has 0 aliphatic rings. The third kappa shape index (κ3) is 5.60. The fourth-order valence-electron chi connectivity index (χ4n) is 2.54. The summed E-state index contributed by atoms with van der Waals surface area (Å²) in [6.45, 7) is 3.45. The number of rotatable bonds is 10. The summed E-state index contributed by atoms with van der Waals surface area (Å²) >= 11 is 0. The first kappa shape index (κ1) is 21.0. The molecule has 0 unspecified atom stereocenters. The molecule has 28 heavy (non-hydrogen) atoms. The van der Waals surface area contributed by atoms with Crippen LogP contribution in [0.5, 0.6) is 11.5 Å². The van der Waals surface area contributed by atoms with Crippen LogP contribution in [-0.2, 0) is 11.3 Å². The fourth-order valence-corrected chi connectivity index (χ4v) is 2.54. The number of furan rings is 1. The number of carbonyl (C=O) groups excluding carboxylic acids is 2. The molecule has 0 aliphatic carbocycles. The molecule has 0 bridgehead atoms. The van der Waals surface area contributed by atoms with Crippen LogP contribution in [0.3, 0.4) is 0 Å². The number of carbonyl (C=O) groups is 3. The Balaban J connectivity index is 1.76. The topological polar surface area (TPSA) is 115 Å². The molecular weight excluding hydrogens is 366 g/mol. The van der Waals surface area contributed by atoms with Crippen molar-refractivity contribution in [1.82, 2.24) is 5.32 Å². The van der Waals surface area contributed by atoms with E-state index in [0.29, 0.717) is 41.6 Å². The van der Waals surface area contributed by atoms with Gasteiger partial charge in [0.25, 0.3) is 0 Å². The molecule has 2 aromatic rings. The molecule has 8 heteroatoms. The lowest BCUT2D eigenvalue weighted by Gasteiger charge is -2.11. The highest BCUT2D eigenvalue weighted by atomic mass is 16.5. The second kappa shape index (κ2) is 9.59. The molecule has 0 spiro atoms. The van der Waals surface area contributed by atoms with Crippen molar-refractivity contribution < 1.29 is 33.4 Å². The van der Waals surface area contributed by atoms with Crippen molar-refractivity contribution in [2.75, 3.05) is 13.7 Å². The van der Waals surface area contributed by atoms with Crippen molar-refractivity contribution in [2.24, 2.45) is 0 Å². The highest BCUT2D eigenvalue weighted by Crippen LogP contribution is 2.28. The first-order valence-corrected chi connectivity index (χ1v) is 8.73. The summed E-state index contributed by atoms with van der Waals surface area (Å²) in [6, 6.07) is 6.33. The predicted molar refractivity (Wildman–Crippen MR) is 100.0 cm³/mol. The van der Waals surface area contributed by atoms with Crippen molar-refractivity contribution in [3.8, 4) is 11.5 Å². The lowest BCUT2D eigenvalue weighted by Crippen LogP contribution is -2.22. The Morgan fingerprint density at radius 1 is 1.18 bits per heavy atom. The minimum absolute atomic E-state index is 0.0660. The molecule has 0 radical (unpaired) electrons. The van der Waals surface area contributed by atoms with Gasteiger partial charge in [-0.25, -0.2) is 4.79 Å². The van der Waals surface area contributed by atoms with Gasteiger partial charge in [-0.1, -0.05) is 0 Å². The van der Waals surface area contributed by atoms with E-state index in [1.807, 2.05) is 0 Å². The predicted octanol–water partition coefficient (Wildman–Crippen LogP) is 2.97. The highest BCUT2D eigenvalue weighted by Gasteiger charge is 2.14. The number of Topliss-reactive ketones (excluding diaryl/α,β-unsaturated/α-hetero) is 1. The van der Waals surface area contributed by atoms with E-state index in [1.165, 1.54) is 20.1 Å². The van der Waals surface area contributed by atoms with Gasteiger partial charge in [-0.15, -0.1) is 0 Å². The van der Waals surface area contributed by atoms with E-state index >= 15 is 0 Å². The van der Waals surface area contributed by atoms with Gasteiger partial charge in [-0.3, -0.25) is 9.59 Å². The Morgan fingerprint density at radius 3 is 2.54 bits per heavy atom. The third-order valence-corrected chi connectivity index (χ3v) is 4.03. The van der Waals surface area contributed by atoms with Gasteiger partial charge in [0.05, 0.1) is 20.3 Å². The minimum atomic E-state index is -1.07. The monoisotopic (exact) mass is 389 g/mol. The number of carboxylic acid groups (broad SMARTS) is 1. The Morgan fingerprint density at radius 2 is 1.93 bits per heavy atom.